The van der Waals surface area contributed by atoms with Crippen LogP contribution < -0.4 is 10.1 Å². The first kappa shape index (κ1) is 17.5. The lowest BCUT2D eigenvalue weighted by Crippen LogP contribution is -2.40. The Morgan fingerprint density at radius 1 is 1.36 bits per heavy atom. The predicted octanol–water partition coefficient (Wildman–Crippen LogP) is 2.93. The van der Waals surface area contributed by atoms with Crippen molar-refractivity contribution in [3.8, 4) is 5.75 Å². The largest absolute Gasteiger partial charge is 0.491 e. The summed E-state index contributed by atoms with van der Waals surface area (Å²) >= 11 is 0. The Labute approximate surface area is 148 Å². The molecule has 1 aliphatic rings. The van der Waals surface area contributed by atoms with Crippen LogP contribution in [0.4, 0.5) is 5.69 Å². The van der Waals surface area contributed by atoms with E-state index in [1.807, 2.05) is 25.2 Å². The summed E-state index contributed by atoms with van der Waals surface area (Å²) in [6.45, 7) is 4.88. The highest BCUT2D eigenvalue weighted by Gasteiger charge is 2.18. The zero-order valence-corrected chi connectivity index (χ0v) is 14.9. The molecule has 1 saturated heterocycles. The molecule has 1 aromatic carbocycles. The van der Waals surface area contributed by atoms with Crippen LogP contribution in [0, 0.1) is 0 Å². The summed E-state index contributed by atoms with van der Waals surface area (Å²) in [6, 6.07) is 7.97. The third kappa shape index (κ3) is 4.60. The van der Waals surface area contributed by atoms with Gasteiger partial charge in [0.25, 0.3) is 5.91 Å². The summed E-state index contributed by atoms with van der Waals surface area (Å²) in [5.41, 5.74) is 1.21. The molecule has 1 aromatic heterocycles. The molecule has 0 saturated carbocycles. The van der Waals surface area contributed by atoms with E-state index in [0.717, 1.165) is 13.1 Å². The van der Waals surface area contributed by atoms with Gasteiger partial charge in [0.2, 0.25) is 0 Å². The van der Waals surface area contributed by atoms with Gasteiger partial charge in [0.15, 0.2) is 0 Å². The summed E-state index contributed by atoms with van der Waals surface area (Å²) in [5, 5.41) is 6.91. The van der Waals surface area contributed by atoms with Crippen LogP contribution in [0.1, 0.15) is 36.5 Å². The first-order chi connectivity index (χ1) is 12.1. The number of likely N-dealkylation sites (tertiary alicyclic amines) is 1. The van der Waals surface area contributed by atoms with E-state index in [1.165, 1.54) is 19.3 Å². The molecule has 1 unspecified atom stereocenters. The number of piperidine rings is 1. The highest BCUT2D eigenvalue weighted by molar-refractivity contribution is 6.06. The number of benzene rings is 1. The Morgan fingerprint density at radius 3 is 2.96 bits per heavy atom. The Balaban J connectivity index is 1.59. The lowest BCUT2D eigenvalue weighted by atomic mass is 10.0. The van der Waals surface area contributed by atoms with Crippen LogP contribution in [0.2, 0.25) is 0 Å². The van der Waals surface area contributed by atoms with Gasteiger partial charge < -0.3 is 10.1 Å². The summed E-state index contributed by atoms with van der Waals surface area (Å²) in [4.78, 5) is 15.0. The van der Waals surface area contributed by atoms with E-state index < -0.39 is 0 Å². The van der Waals surface area contributed by atoms with Gasteiger partial charge in [0, 0.05) is 25.8 Å². The zero-order valence-electron chi connectivity index (χ0n) is 14.9. The smallest absolute Gasteiger partial charge is 0.259 e. The van der Waals surface area contributed by atoms with Crippen LogP contribution in [0.5, 0.6) is 5.75 Å². The fourth-order valence-electron chi connectivity index (χ4n) is 3.23. The second kappa shape index (κ2) is 8.16. The van der Waals surface area contributed by atoms with Gasteiger partial charge in [-0.1, -0.05) is 18.6 Å². The molecule has 1 atom stereocenters. The monoisotopic (exact) mass is 342 g/mol. The van der Waals surface area contributed by atoms with Crippen molar-refractivity contribution in [2.24, 2.45) is 7.05 Å². The minimum Gasteiger partial charge on any atom is -0.491 e. The van der Waals surface area contributed by atoms with Gasteiger partial charge in [-0.3, -0.25) is 14.4 Å². The molecule has 0 radical (unpaired) electrons. The van der Waals surface area contributed by atoms with E-state index in [-0.39, 0.29) is 5.91 Å². The Morgan fingerprint density at radius 2 is 2.20 bits per heavy atom. The molecule has 25 heavy (non-hydrogen) atoms. The highest BCUT2D eigenvalue weighted by atomic mass is 16.5. The Kier molecular flexibility index (Phi) is 5.71. The molecule has 6 heteroatoms. The summed E-state index contributed by atoms with van der Waals surface area (Å²) in [5.74, 6) is 0.434. The van der Waals surface area contributed by atoms with Crippen molar-refractivity contribution < 1.29 is 9.53 Å². The number of ether oxygens (including phenoxy) is 1. The van der Waals surface area contributed by atoms with Crippen molar-refractivity contribution in [3.63, 3.8) is 0 Å². The van der Waals surface area contributed by atoms with Crippen LogP contribution in [0.15, 0.2) is 36.7 Å². The van der Waals surface area contributed by atoms with E-state index in [4.69, 9.17) is 4.74 Å². The molecule has 2 aromatic rings. The Bertz CT molecular complexity index is 713. The van der Waals surface area contributed by atoms with Crippen molar-refractivity contribution >= 4 is 11.6 Å². The van der Waals surface area contributed by atoms with Gasteiger partial charge in [0.1, 0.15) is 12.4 Å². The van der Waals surface area contributed by atoms with Crippen molar-refractivity contribution in [2.75, 3.05) is 25.0 Å². The van der Waals surface area contributed by atoms with Gasteiger partial charge in [-0.15, -0.1) is 0 Å². The number of aryl methyl sites for hydroxylation is 1. The molecule has 1 N–H and O–H groups in total. The van der Waals surface area contributed by atoms with E-state index in [9.17, 15) is 4.79 Å². The predicted molar refractivity (Wildman–Crippen MR) is 98.0 cm³/mol. The SMILES string of the molecule is CC1CCCCN1CCOc1ccccc1C(=O)Nc1cnn(C)c1. The molecule has 1 fully saturated rings. The van der Waals surface area contributed by atoms with Crippen LogP contribution in [-0.4, -0.2) is 46.3 Å². The van der Waals surface area contributed by atoms with Gasteiger partial charge in [-0.05, 0) is 38.4 Å². The molecular weight excluding hydrogens is 316 g/mol. The lowest BCUT2D eigenvalue weighted by molar-refractivity contribution is 0.101. The molecule has 0 aliphatic carbocycles. The first-order valence-electron chi connectivity index (χ1n) is 8.89. The normalized spacial score (nSPS) is 18.1. The number of aromatic nitrogens is 2. The summed E-state index contributed by atoms with van der Waals surface area (Å²) in [7, 11) is 1.81. The fourth-order valence-corrected chi connectivity index (χ4v) is 3.23. The van der Waals surface area contributed by atoms with E-state index in [1.54, 1.807) is 23.1 Å². The molecule has 1 amide bonds. The number of para-hydroxylation sites is 1. The number of nitrogens with zero attached hydrogens (tertiary/aromatic N) is 3. The topological polar surface area (TPSA) is 59.4 Å². The first-order valence-corrected chi connectivity index (χ1v) is 8.89. The van der Waals surface area contributed by atoms with Crippen LogP contribution in [-0.2, 0) is 7.05 Å². The second-order valence-electron chi connectivity index (χ2n) is 6.58. The quantitative estimate of drug-likeness (QED) is 0.877. The van der Waals surface area contributed by atoms with Crippen LogP contribution >= 0.6 is 0 Å². The van der Waals surface area contributed by atoms with Crippen LogP contribution in [0.3, 0.4) is 0 Å². The average molecular weight is 342 g/mol. The summed E-state index contributed by atoms with van der Waals surface area (Å²) < 4.78 is 7.58. The van der Waals surface area contributed by atoms with Gasteiger partial charge in [-0.2, -0.15) is 5.10 Å². The molecule has 0 bridgehead atoms. The zero-order chi connectivity index (χ0) is 17.6. The maximum absolute atomic E-state index is 12.5. The molecule has 1 aliphatic heterocycles. The van der Waals surface area contributed by atoms with E-state index >= 15 is 0 Å². The molecule has 0 spiro atoms. The minimum atomic E-state index is -0.185. The number of amides is 1. The van der Waals surface area contributed by atoms with Gasteiger partial charge >= 0.3 is 0 Å². The number of carbonyl (C=O) groups excluding carboxylic acids is 1. The maximum atomic E-state index is 12.5. The maximum Gasteiger partial charge on any atom is 0.259 e. The number of rotatable bonds is 6. The third-order valence-corrected chi connectivity index (χ3v) is 4.67. The number of hydrogen-bond donors (Lipinski definition) is 1. The highest BCUT2D eigenvalue weighted by Crippen LogP contribution is 2.20. The standard InChI is InChI=1S/C19H26N4O2/c1-15-7-5-6-10-23(15)11-12-25-18-9-4-3-8-17(18)19(24)21-16-13-20-22(2)14-16/h3-4,8-9,13-15H,5-7,10-12H2,1-2H3,(H,21,24). The molecule has 3 rings (SSSR count). The molecule has 2 heterocycles. The second-order valence-corrected chi connectivity index (χ2v) is 6.58. The average Bonchev–Trinajstić information content (AvgIpc) is 3.02. The van der Waals surface area contributed by atoms with E-state index in [0.29, 0.717) is 29.6 Å². The van der Waals surface area contributed by atoms with Crippen molar-refractivity contribution in [1.82, 2.24) is 14.7 Å². The van der Waals surface area contributed by atoms with Gasteiger partial charge in [-0.25, -0.2) is 0 Å². The van der Waals surface area contributed by atoms with Gasteiger partial charge in [0.05, 0.1) is 17.4 Å². The molecular formula is C19H26N4O2. The van der Waals surface area contributed by atoms with Crippen molar-refractivity contribution in [3.05, 3.63) is 42.2 Å². The van der Waals surface area contributed by atoms with Crippen molar-refractivity contribution in [2.45, 2.75) is 32.2 Å². The minimum absolute atomic E-state index is 0.185. The number of nitrogens with one attached hydrogen (secondary N) is 1. The molecule has 6 nitrogen and oxygen atoms in total. The van der Waals surface area contributed by atoms with Crippen LogP contribution in [0.25, 0.3) is 0 Å². The van der Waals surface area contributed by atoms with Crippen molar-refractivity contribution in [1.29, 1.82) is 0 Å². The third-order valence-electron chi connectivity index (χ3n) is 4.67. The number of hydrogen-bond acceptors (Lipinski definition) is 4. The molecule has 134 valence electrons. The number of carbonyl (C=O) groups is 1. The Hall–Kier alpha value is -2.34. The fraction of sp³-hybridized carbons (Fsp3) is 0.474. The summed E-state index contributed by atoms with van der Waals surface area (Å²) in [6.07, 6.45) is 7.21. The lowest BCUT2D eigenvalue weighted by Gasteiger charge is -2.33. The van der Waals surface area contributed by atoms with E-state index in [2.05, 4.69) is 22.2 Å². The number of anilines is 1.